The first-order valence-electron chi connectivity index (χ1n) is 8.22. The third-order valence-electron chi connectivity index (χ3n) is 5.28. The number of halogens is 1. The number of ketones is 1. The van der Waals surface area contributed by atoms with Crippen molar-refractivity contribution in [2.24, 2.45) is 17.3 Å². The molecule has 0 aromatic heterocycles. The molecule has 0 amide bonds. The number of alkyl halides is 1. The maximum absolute atomic E-state index is 12.6. The van der Waals surface area contributed by atoms with Gasteiger partial charge in [0.25, 0.3) is 0 Å². The number of ether oxygens (including phenoxy) is 1. The van der Waals surface area contributed by atoms with Crippen molar-refractivity contribution in [3.8, 4) is 0 Å². The van der Waals surface area contributed by atoms with Crippen LogP contribution in [-0.2, 0) is 14.3 Å². The molecule has 0 aromatic rings. The highest BCUT2D eigenvalue weighted by Gasteiger charge is 2.63. The smallest absolute Gasteiger partial charge is 0.310 e. The number of hydrogen-bond acceptors (Lipinski definition) is 3. The summed E-state index contributed by atoms with van der Waals surface area (Å²) >= 11 is 6.32. The summed E-state index contributed by atoms with van der Waals surface area (Å²) in [6.45, 7) is 13.6. The summed E-state index contributed by atoms with van der Waals surface area (Å²) in [5.74, 6) is -0.0324. The molecule has 0 bridgehead atoms. The van der Waals surface area contributed by atoms with Gasteiger partial charge < -0.3 is 4.74 Å². The van der Waals surface area contributed by atoms with Crippen molar-refractivity contribution in [2.75, 3.05) is 0 Å². The van der Waals surface area contributed by atoms with Crippen molar-refractivity contribution >= 4 is 23.4 Å². The Labute approximate surface area is 144 Å². The molecular weight excluding hydrogens is 312 g/mol. The highest BCUT2D eigenvalue weighted by Crippen LogP contribution is 2.62. The Hall–Kier alpha value is -1.09. The van der Waals surface area contributed by atoms with Crippen molar-refractivity contribution in [3.63, 3.8) is 0 Å². The van der Waals surface area contributed by atoms with E-state index >= 15 is 0 Å². The van der Waals surface area contributed by atoms with Gasteiger partial charge >= 0.3 is 5.97 Å². The van der Waals surface area contributed by atoms with Crippen molar-refractivity contribution in [2.45, 2.75) is 64.9 Å². The van der Waals surface area contributed by atoms with Crippen LogP contribution in [0.15, 0.2) is 23.8 Å². The van der Waals surface area contributed by atoms with Gasteiger partial charge in [-0.15, -0.1) is 18.2 Å². The second-order valence-corrected chi connectivity index (χ2v) is 9.06. The molecule has 2 rings (SSSR count). The van der Waals surface area contributed by atoms with E-state index in [0.717, 1.165) is 17.6 Å². The summed E-state index contributed by atoms with van der Waals surface area (Å²) in [5.41, 5.74) is 1.52. The monoisotopic (exact) mass is 338 g/mol. The molecule has 0 N–H and O–H groups in total. The maximum Gasteiger partial charge on any atom is 0.310 e. The predicted molar refractivity (Wildman–Crippen MR) is 92.3 cm³/mol. The van der Waals surface area contributed by atoms with Gasteiger partial charge in [0.1, 0.15) is 6.10 Å². The lowest BCUT2D eigenvalue weighted by Crippen LogP contribution is -2.21. The first-order valence-corrected chi connectivity index (χ1v) is 8.60. The molecule has 0 aromatic carbocycles. The number of rotatable bonds is 6. The van der Waals surface area contributed by atoms with Crippen LogP contribution >= 0.6 is 11.6 Å². The molecule has 23 heavy (non-hydrogen) atoms. The largest absolute Gasteiger partial charge is 0.457 e. The summed E-state index contributed by atoms with van der Waals surface area (Å²) in [7, 11) is 0. The minimum atomic E-state index is -0.411. The van der Waals surface area contributed by atoms with Crippen LogP contribution in [0.4, 0.5) is 0 Å². The van der Waals surface area contributed by atoms with Gasteiger partial charge in [-0.2, -0.15) is 0 Å². The number of Topliss-reactive ketones (excluding diaryl/α,β-unsaturated/α-hetero) is 1. The summed E-state index contributed by atoms with van der Waals surface area (Å²) in [6.07, 6.45) is 2.88. The van der Waals surface area contributed by atoms with Crippen molar-refractivity contribution < 1.29 is 14.3 Å². The Morgan fingerprint density at radius 2 is 2.09 bits per heavy atom. The molecule has 128 valence electrons. The Morgan fingerprint density at radius 3 is 2.61 bits per heavy atom. The standard InChI is InChI=1S/C19H27ClO3/c1-7-8-12-11(2)15(9-14(12)21)23-17(22)16-13(19(16,5)6)10-18(3,4)20/h7,13,15-16H,1,8-10H2,2-6H3/t13-,15-,16-/m1/s1. The Morgan fingerprint density at radius 1 is 1.48 bits per heavy atom. The highest BCUT2D eigenvalue weighted by molar-refractivity contribution is 6.23. The van der Waals surface area contributed by atoms with E-state index < -0.39 is 6.10 Å². The number of esters is 1. The molecule has 2 aliphatic carbocycles. The molecule has 3 atom stereocenters. The van der Waals surface area contributed by atoms with Gasteiger partial charge in [0.15, 0.2) is 5.78 Å². The van der Waals surface area contributed by atoms with Gasteiger partial charge in [0.05, 0.1) is 12.3 Å². The number of carbonyl (C=O) groups excluding carboxylic acids is 2. The number of hydrogen-bond donors (Lipinski definition) is 0. The molecule has 0 radical (unpaired) electrons. The summed E-state index contributed by atoms with van der Waals surface area (Å²) in [4.78, 5) is 24.3. The third-order valence-corrected chi connectivity index (χ3v) is 5.44. The van der Waals surface area contributed by atoms with E-state index in [1.54, 1.807) is 6.08 Å². The van der Waals surface area contributed by atoms with Crippen molar-refractivity contribution in [1.82, 2.24) is 0 Å². The molecule has 0 saturated heterocycles. The van der Waals surface area contributed by atoms with E-state index in [2.05, 4.69) is 20.4 Å². The Bertz CT molecular complexity index is 566. The first kappa shape index (κ1) is 18.3. The van der Waals surface area contributed by atoms with Crippen molar-refractivity contribution in [1.29, 1.82) is 0 Å². The second-order valence-electron chi connectivity index (χ2n) is 8.04. The van der Waals surface area contributed by atoms with Crippen LogP contribution in [-0.4, -0.2) is 22.7 Å². The number of carbonyl (C=O) groups is 2. The van der Waals surface area contributed by atoms with Gasteiger partial charge in [0, 0.05) is 10.4 Å². The summed E-state index contributed by atoms with van der Waals surface area (Å²) in [6, 6.07) is 0. The van der Waals surface area contributed by atoms with Gasteiger partial charge in [-0.1, -0.05) is 19.9 Å². The van der Waals surface area contributed by atoms with E-state index in [1.807, 2.05) is 20.8 Å². The maximum atomic E-state index is 12.6. The Balaban J connectivity index is 2.03. The van der Waals surface area contributed by atoms with Crippen molar-refractivity contribution in [3.05, 3.63) is 23.8 Å². The quantitative estimate of drug-likeness (QED) is 0.408. The molecule has 4 heteroatoms. The average Bonchev–Trinajstić information content (AvgIpc) is 2.81. The lowest BCUT2D eigenvalue weighted by molar-refractivity contribution is -0.150. The fourth-order valence-electron chi connectivity index (χ4n) is 3.74. The first-order chi connectivity index (χ1) is 10.5. The normalized spacial score (nSPS) is 29.7. The minimum absolute atomic E-state index is 0.0636. The van der Waals surface area contributed by atoms with Gasteiger partial charge in [-0.3, -0.25) is 9.59 Å². The van der Waals surface area contributed by atoms with E-state index in [4.69, 9.17) is 16.3 Å². The van der Waals surface area contributed by atoms with Crippen LogP contribution < -0.4 is 0 Å². The third kappa shape index (κ3) is 3.71. The zero-order valence-corrected chi connectivity index (χ0v) is 15.5. The molecule has 0 spiro atoms. The van der Waals surface area contributed by atoms with Gasteiger partial charge in [-0.25, -0.2) is 0 Å². The second kappa shape index (κ2) is 6.08. The fourth-order valence-corrected chi connectivity index (χ4v) is 3.90. The topological polar surface area (TPSA) is 43.4 Å². The summed E-state index contributed by atoms with van der Waals surface area (Å²) < 4.78 is 5.68. The van der Waals surface area contributed by atoms with Crippen LogP contribution in [0.5, 0.6) is 0 Å². The SMILES string of the molecule is C=CCC1=C(C)[C@H](OC(=O)[C@H]2[C@@H](CC(C)(C)Cl)C2(C)C)CC1=O. The fraction of sp³-hybridized carbons (Fsp3) is 0.684. The molecule has 1 fully saturated rings. The van der Waals surface area contributed by atoms with E-state index in [-0.39, 0.29) is 40.3 Å². The van der Waals surface area contributed by atoms with Crippen LogP contribution in [0.1, 0.15) is 53.9 Å². The molecule has 0 unspecified atom stereocenters. The van der Waals surface area contributed by atoms with Crippen LogP contribution in [0.25, 0.3) is 0 Å². The van der Waals surface area contributed by atoms with E-state index in [1.165, 1.54) is 0 Å². The summed E-state index contributed by atoms with van der Waals surface area (Å²) in [5, 5.41) is 0. The van der Waals surface area contributed by atoms with Crippen LogP contribution in [0.2, 0.25) is 0 Å². The average molecular weight is 339 g/mol. The van der Waals surface area contributed by atoms with Gasteiger partial charge in [-0.05, 0) is 50.5 Å². The zero-order chi connectivity index (χ0) is 17.6. The van der Waals surface area contributed by atoms with E-state index in [0.29, 0.717) is 6.42 Å². The minimum Gasteiger partial charge on any atom is -0.457 e. The molecule has 2 aliphatic rings. The molecule has 1 saturated carbocycles. The molecule has 3 nitrogen and oxygen atoms in total. The van der Waals surface area contributed by atoms with E-state index in [9.17, 15) is 9.59 Å². The highest BCUT2D eigenvalue weighted by atomic mass is 35.5. The van der Waals surface area contributed by atoms with Crippen LogP contribution in [0.3, 0.4) is 0 Å². The molecular formula is C19H27ClO3. The lowest BCUT2D eigenvalue weighted by atomic mass is 10.0. The Kier molecular flexibility index (Phi) is 4.83. The van der Waals surface area contributed by atoms with Crippen LogP contribution in [0, 0.1) is 17.3 Å². The molecule has 0 heterocycles. The predicted octanol–water partition coefficient (Wildman–Crippen LogP) is 4.44. The number of allylic oxidation sites excluding steroid dienone is 2. The lowest BCUT2D eigenvalue weighted by Gasteiger charge is -2.16. The zero-order valence-electron chi connectivity index (χ0n) is 14.7. The molecule has 0 aliphatic heterocycles. The van der Waals surface area contributed by atoms with Gasteiger partial charge in [0.2, 0.25) is 0 Å².